The van der Waals surface area contributed by atoms with Crippen molar-refractivity contribution in [3.8, 4) is 17.2 Å². The molecular weight excluding hydrogens is 352 g/mol. The minimum Gasteiger partial charge on any atom is -0.497 e. The second-order valence-corrected chi connectivity index (χ2v) is 5.46. The van der Waals surface area contributed by atoms with Crippen molar-refractivity contribution in [1.29, 1.82) is 0 Å². The summed E-state index contributed by atoms with van der Waals surface area (Å²) in [7, 11) is 1.55. The largest absolute Gasteiger partial charge is 0.497 e. The maximum atomic E-state index is 12.1. The lowest BCUT2D eigenvalue weighted by molar-refractivity contribution is 0.0471. The predicted octanol–water partition coefficient (Wildman–Crippen LogP) is 3.54. The highest BCUT2D eigenvalue weighted by Crippen LogP contribution is 2.37. The standard InChI is InChI=1S/C16H13BrO5/c1-19-12-4-2-3-10(5-12)16(18)20-8-11-6-14-15(7-13(11)17)22-9-21-14/h2-7H,8-9H2,1H3. The van der Waals surface area contributed by atoms with Crippen LogP contribution in [0.5, 0.6) is 17.2 Å². The number of halogens is 1. The number of esters is 1. The number of carbonyl (C=O) groups is 1. The van der Waals surface area contributed by atoms with Crippen LogP contribution < -0.4 is 14.2 Å². The summed E-state index contributed by atoms with van der Waals surface area (Å²) in [5.74, 6) is 1.52. The molecule has 5 nitrogen and oxygen atoms in total. The van der Waals surface area contributed by atoms with E-state index in [-0.39, 0.29) is 13.4 Å². The van der Waals surface area contributed by atoms with Gasteiger partial charge in [0.1, 0.15) is 12.4 Å². The van der Waals surface area contributed by atoms with E-state index in [4.69, 9.17) is 18.9 Å². The van der Waals surface area contributed by atoms with Gasteiger partial charge in [-0.2, -0.15) is 0 Å². The summed E-state index contributed by atoms with van der Waals surface area (Å²) in [6.07, 6.45) is 0. The number of hydrogen-bond donors (Lipinski definition) is 0. The SMILES string of the molecule is COc1cccc(C(=O)OCc2cc3c(cc2Br)OCO3)c1. The van der Waals surface area contributed by atoms with E-state index in [1.807, 2.05) is 0 Å². The lowest BCUT2D eigenvalue weighted by Crippen LogP contribution is -2.05. The lowest BCUT2D eigenvalue weighted by Gasteiger charge is -2.08. The molecule has 2 aromatic carbocycles. The van der Waals surface area contributed by atoms with Crippen LogP contribution in [0, 0.1) is 0 Å². The third-order valence-electron chi connectivity index (χ3n) is 3.21. The van der Waals surface area contributed by atoms with Crippen LogP contribution in [0.15, 0.2) is 40.9 Å². The molecule has 0 saturated heterocycles. The number of methoxy groups -OCH3 is 1. The molecule has 1 aliphatic rings. The molecule has 0 N–H and O–H groups in total. The Bertz CT molecular complexity index is 714. The van der Waals surface area contributed by atoms with Crippen molar-refractivity contribution in [2.45, 2.75) is 6.61 Å². The van der Waals surface area contributed by atoms with E-state index in [0.717, 1.165) is 10.0 Å². The highest BCUT2D eigenvalue weighted by atomic mass is 79.9. The van der Waals surface area contributed by atoms with Crippen LogP contribution in [0.4, 0.5) is 0 Å². The molecule has 1 aliphatic heterocycles. The van der Waals surface area contributed by atoms with Gasteiger partial charge in [-0.1, -0.05) is 22.0 Å². The average Bonchev–Trinajstić information content (AvgIpc) is 2.99. The van der Waals surface area contributed by atoms with E-state index in [9.17, 15) is 4.79 Å². The summed E-state index contributed by atoms with van der Waals surface area (Å²) >= 11 is 3.43. The Kier molecular flexibility index (Phi) is 4.20. The fourth-order valence-electron chi connectivity index (χ4n) is 2.05. The summed E-state index contributed by atoms with van der Waals surface area (Å²) in [5.41, 5.74) is 1.25. The van der Waals surface area contributed by atoms with Gasteiger partial charge in [0.15, 0.2) is 11.5 Å². The van der Waals surface area contributed by atoms with Crippen LogP contribution in [-0.2, 0) is 11.3 Å². The number of benzene rings is 2. The van der Waals surface area contributed by atoms with Crippen LogP contribution in [0.2, 0.25) is 0 Å². The smallest absolute Gasteiger partial charge is 0.338 e. The van der Waals surface area contributed by atoms with E-state index in [2.05, 4.69) is 15.9 Å². The van der Waals surface area contributed by atoms with Crippen molar-refractivity contribution >= 4 is 21.9 Å². The highest BCUT2D eigenvalue weighted by Gasteiger charge is 2.17. The molecule has 0 bridgehead atoms. The van der Waals surface area contributed by atoms with Gasteiger partial charge in [-0.15, -0.1) is 0 Å². The highest BCUT2D eigenvalue weighted by molar-refractivity contribution is 9.10. The van der Waals surface area contributed by atoms with Crippen LogP contribution >= 0.6 is 15.9 Å². The van der Waals surface area contributed by atoms with Gasteiger partial charge < -0.3 is 18.9 Å². The zero-order chi connectivity index (χ0) is 15.5. The molecule has 0 aliphatic carbocycles. The van der Waals surface area contributed by atoms with Crippen LogP contribution in [-0.4, -0.2) is 19.9 Å². The van der Waals surface area contributed by atoms with Crippen molar-refractivity contribution in [2.75, 3.05) is 13.9 Å². The molecule has 0 atom stereocenters. The summed E-state index contributed by atoms with van der Waals surface area (Å²) in [5, 5.41) is 0. The fraction of sp³-hybridized carbons (Fsp3) is 0.188. The molecule has 1 heterocycles. The van der Waals surface area contributed by atoms with Crippen molar-refractivity contribution in [2.24, 2.45) is 0 Å². The van der Waals surface area contributed by atoms with Gasteiger partial charge in [-0.3, -0.25) is 0 Å². The van der Waals surface area contributed by atoms with E-state index < -0.39 is 5.97 Å². The van der Waals surface area contributed by atoms with Crippen LogP contribution in [0.1, 0.15) is 15.9 Å². The topological polar surface area (TPSA) is 54.0 Å². The Morgan fingerprint density at radius 2 is 2.00 bits per heavy atom. The third-order valence-corrected chi connectivity index (χ3v) is 3.94. The maximum Gasteiger partial charge on any atom is 0.338 e. The van der Waals surface area contributed by atoms with Gasteiger partial charge in [0.25, 0.3) is 0 Å². The van der Waals surface area contributed by atoms with Crippen LogP contribution in [0.25, 0.3) is 0 Å². The second-order valence-electron chi connectivity index (χ2n) is 4.60. The summed E-state index contributed by atoms with van der Waals surface area (Å²) < 4.78 is 21.8. The molecule has 22 heavy (non-hydrogen) atoms. The van der Waals surface area contributed by atoms with Crippen molar-refractivity contribution < 1.29 is 23.7 Å². The molecule has 0 unspecified atom stereocenters. The molecule has 0 spiro atoms. The number of rotatable bonds is 4. The first-order valence-corrected chi connectivity index (χ1v) is 7.36. The lowest BCUT2D eigenvalue weighted by atomic mass is 10.2. The van der Waals surface area contributed by atoms with Gasteiger partial charge in [0.05, 0.1) is 12.7 Å². The minimum atomic E-state index is -0.413. The van der Waals surface area contributed by atoms with Crippen molar-refractivity contribution in [1.82, 2.24) is 0 Å². The van der Waals surface area contributed by atoms with Gasteiger partial charge in [0.2, 0.25) is 6.79 Å². The van der Waals surface area contributed by atoms with Gasteiger partial charge in [0, 0.05) is 10.0 Å². The molecular formula is C16H13BrO5. The summed E-state index contributed by atoms with van der Waals surface area (Å²) in [6.45, 7) is 0.335. The second kappa shape index (κ2) is 6.27. The number of fused-ring (bicyclic) bond motifs is 1. The Hall–Kier alpha value is -2.21. The molecule has 0 saturated carbocycles. The zero-order valence-electron chi connectivity index (χ0n) is 11.8. The molecule has 0 fully saturated rings. The number of hydrogen-bond acceptors (Lipinski definition) is 5. The first kappa shape index (κ1) is 14.7. The average molecular weight is 365 g/mol. The summed E-state index contributed by atoms with van der Waals surface area (Å²) in [6, 6.07) is 10.4. The van der Waals surface area contributed by atoms with E-state index in [0.29, 0.717) is 22.8 Å². The van der Waals surface area contributed by atoms with E-state index >= 15 is 0 Å². The fourth-order valence-corrected chi connectivity index (χ4v) is 2.48. The van der Waals surface area contributed by atoms with E-state index in [1.54, 1.807) is 43.5 Å². The molecule has 0 aromatic heterocycles. The molecule has 2 aromatic rings. The van der Waals surface area contributed by atoms with Crippen molar-refractivity contribution in [3.63, 3.8) is 0 Å². The molecule has 6 heteroatoms. The Balaban J connectivity index is 1.71. The predicted molar refractivity (Wildman–Crippen MR) is 82.4 cm³/mol. The number of carbonyl (C=O) groups excluding carboxylic acids is 1. The summed E-state index contributed by atoms with van der Waals surface area (Å²) in [4.78, 5) is 12.1. The van der Waals surface area contributed by atoms with Gasteiger partial charge >= 0.3 is 5.97 Å². The Morgan fingerprint density at radius 3 is 2.77 bits per heavy atom. The van der Waals surface area contributed by atoms with E-state index in [1.165, 1.54) is 0 Å². The number of ether oxygens (including phenoxy) is 4. The first-order valence-electron chi connectivity index (χ1n) is 6.56. The Labute approximate surface area is 135 Å². The molecule has 3 rings (SSSR count). The van der Waals surface area contributed by atoms with Crippen molar-refractivity contribution in [3.05, 3.63) is 52.0 Å². The molecule has 0 radical (unpaired) electrons. The molecule has 114 valence electrons. The van der Waals surface area contributed by atoms with Gasteiger partial charge in [-0.05, 0) is 30.3 Å². The minimum absolute atomic E-state index is 0.132. The quantitative estimate of drug-likeness (QED) is 0.776. The first-order chi connectivity index (χ1) is 10.7. The Morgan fingerprint density at radius 1 is 1.23 bits per heavy atom. The normalized spacial score (nSPS) is 12.1. The monoisotopic (exact) mass is 364 g/mol. The zero-order valence-corrected chi connectivity index (χ0v) is 13.4. The molecule has 0 amide bonds. The maximum absolute atomic E-state index is 12.1. The van der Waals surface area contributed by atoms with Gasteiger partial charge in [-0.25, -0.2) is 4.79 Å². The van der Waals surface area contributed by atoms with Crippen LogP contribution in [0.3, 0.4) is 0 Å². The third kappa shape index (κ3) is 3.01.